The smallest absolute Gasteiger partial charge is 0.195 e. The fraction of sp³-hybridized carbons (Fsp3) is 0.714. The lowest BCUT2D eigenvalue weighted by atomic mass is 9.96. The Balaban J connectivity index is 2.09. The highest BCUT2D eigenvalue weighted by atomic mass is 32.2. The minimum Gasteiger partial charge on any atom is -0.195 e. The summed E-state index contributed by atoms with van der Waals surface area (Å²) < 4.78 is 28.7. The summed E-state index contributed by atoms with van der Waals surface area (Å²) >= 11 is 1.61. The minimum absolute atomic E-state index is 0.172. The highest BCUT2D eigenvalue weighted by Crippen LogP contribution is 2.25. The predicted octanol–water partition coefficient (Wildman–Crippen LogP) is 3.08. The minimum atomic E-state index is -3.35. The van der Waals surface area contributed by atoms with Crippen molar-refractivity contribution in [2.75, 3.05) is 13.6 Å². The van der Waals surface area contributed by atoms with Gasteiger partial charge in [0.15, 0.2) is 0 Å². The molecule has 114 valence electrons. The SMILES string of the molecule is CCN(Cc1cccs1)S(=O)(=O)N(C)C1CCCCC1. The Morgan fingerprint density at radius 2 is 2.00 bits per heavy atom. The van der Waals surface area contributed by atoms with Gasteiger partial charge in [-0.15, -0.1) is 11.3 Å². The summed E-state index contributed by atoms with van der Waals surface area (Å²) in [5.74, 6) is 0. The van der Waals surface area contributed by atoms with Crippen molar-refractivity contribution in [3.05, 3.63) is 22.4 Å². The molecule has 6 heteroatoms. The Hall–Kier alpha value is -0.430. The van der Waals surface area contributed by atoms with Crippen molar-refractivity contribution in [1.29, 1.82) is 0 Å². The molecule has 1 aromatic heterocycles. The lowest BCUT2D eigenvalue weighted by Gasteiger charge is -2.34. The van der Waals surface area contributed by atoms with Gasteiger partial charge in [-0.3, -0.25) is 0 Å². The summed E-state index contributed by atoms with van der Waals surface area (Å²) in [7, 11) is -1.62. The molecule has 1 fully saturated rings. The number of hydrogen-bond acceptors (Lipinski definition) is 3. The Kier molecular flexibility index (Phi) is 5.60. The van der Waals surface area contributed by atoms with Gasteiger partial charge in [0.2, 0.25) is 0 Å². The van der Waals surface area contributed by atoms with Gasteiger partial charge in [-0.1, -0.05) is 32.3 Å². The first-order valence-electron chi connectivity index (χ1n) is 7.31. The standard InChI is InChI=1S/C14H24N2O2S2/c1-3-16(12-14-10-7-11-19-14)20(17,18)15(2)13-8-5-4-6-9-13/h7,10-11,13H,3-6,8-9,12H2,1-2H3. The molecule has 1 heterocycles. The topological polar surface area (TPSA) is 40.6 Å². The maximum atomic E-state index is 12.7. The molecule has 1 aliphatic rings. The van der Waals surface area contributed by atoms with E-state index in [1.807, 2.05) is 24.4 Å². The molecule has 4 nitrogen and oxygen atoms in total. The largest absolute Gasteiger partial charge is 0.282 e. The molecule has 0 aromatic carbocycles. The Labute approximate surface area is 126 Å². The van der Waals surface area contributed by atoms with Crippen LogP contribution < -0.4 is 0 Å². The molecule has 0 saturated heterocycles. The van der Waals surface area contributed by atoms with Crippen molar-refractivity contribution in [2.24, 2.45) is 0 Å². The molecule has 0 unspecified atom stereocenters. The summed E-state index contributed by atoms with van der Waals surface area (Å²) in [5.41, 5.74) is 0. The van der Waals surface area contributed by atoms with Crippen LogP contribution in [0.5, 0.6) is 0 Å². The van der Waals surface area contributed by atoms with E-state index in [0.29, 0.717) is 13.1 Å². The number of rotatable bonds is 6. The van der Waals surface area contributed by atoms with Crippen molar-refractivity contribution in [2.45, 2.75) is 51.6 Å². The normalized spacial score (nSPS) is 18.0. The zero-order valence-electron chi connectivity index (χ0n) is 12.3. The van der Waals surface area contributed by atoms with Gasteiger partial charge in [-0.2, -0.15) is 17.0 Å². The number of thiophene rings is 1. The fourth-order valence-electron chi connectivity index (χ4n) is 2.75. The quantitative estimate of drug-likeness (QED) is 0.809. The molecule has 0 radical (unpaired) electrons. The molecule has 0 aliphatic heterocycles. The van der Waals surface area contributed by atoms with Gasteiger partial charge in [0, 0.05) is 31.1 Å². The Bertz CT molecular complexity index is 493. The van der Waals surface area contributed by atoms with Gasteiger partial charge in [-0.05, 0) is 24.3 Å². The summed E-state index contributed by atoms with van der Waals surface area (Å²) in [6.07, 6.45) is 5.50. The van der Waals surface area contributed by atoms with E-state index in [-0.39, 0.29) is 6.04 Å². The van der Waals surface area contributed by atoms with E-state index in [0.717, 1.165) is 30.6 Å². The molecule has 2 rings (SSSR count). The average molecular weight is 316 g/mol. The number of hydrogen-bond donors (Lipinski definition) is 0. The maximum absolute atomic E-state index is 12.7. The highest BCUT2D eigenvalue weighted by molar-refractivity contribution is 7.86. The Morgan fingerprint density at radius 3 is 2.55 bits per heavy atom. The van der Waals surface area contributed by atoms with E-state index in [2.05, 4.69) is 0 Å². The second-order valence-electron chi connectivity index (χ2n) is 5.32. The van der Waals surface area contributed by atoms with E-state index in [1.165, 1.54) is 6.42 Å². The first-order chi connectivity index (χ1) is 9.55. The summed E-state index contributed by atoms with van der Waals surface area (Å²) in [5, 5.41) is 1.99. The first-order valence-corrected chi connectivity index (χ1v) is 9.59. The van der Waals surface area contributed by atoms with Gasteiger partial charge in [-0.25, -0.2) is 0 Å². The number of nitrogens with zero attached hydrogens (tertiary/aromatic N) is 2. The van der Waals surface area contributed by atoms with Gasteiger partial charge in [0.05, 0.1) is 0 Å². The van der Waals surface area contributed by atoms with E-state index >= 15 is 0 Å². The zero-order chi connectivity index (χ0) is 14.6. The first kappa shape index (κ1) is 15.9. The molecule has 1 aromatic rings. The summed E-state index contributed by atoms with van der Waals surface area (Å²) in [4.78, 5) is 1.09. The van der Waals surface area contributed by atoms with Crippen LogP contribution in [0.4, 0.5) is 0 Å². The van der Waals surface area contributed by atoms with Crippen LogP contribution in [0.1, 0.15) is 43.9 Å². The van der Waals surface area contributed by atoms with Crippen LogP contribution in [0.2, 0.25) is 0 Å². The van der Waals surface area contributed by atoms with Crippen LogP contribution in [0.15, 0.2) is 17.5 Å². The lowest BCUT2D eigenvalue weighted by Crippen LogP contribution is -2.46. The van der Waals surface area contributed by atoms with Crippen molar-refractivity contribution in [3.8, 4) is 0 Å². The zero-order valence-corrected chi connectivity index (χ0v) is 13.9. The van der Waals surface area contributed by atoms with Crippen molar-refractivity contribution < 1.29 is 8.42 Å². The van der Waals surface area contributed by atoms with E-state index in [9.17, 15) is 8.42 Å². The average Bonchev–Trinajstić information content (AvgIpc) is 2.97. The summed E-state index contributed by atoms with van der Waals surface area (Å²) in [6.45, 7) is 2.89. The molecular weight excluding hydrogens is 292 g/mol. The molecule has 0 bridgehead atoms. The highest BCUT2D eigenvalue weighted by Gasteiger charge is 2.32. The van der Waals surface area contributed by atoms with Crippen LogP contribution >= 0.6 is 11.3 Å². The van der Waals surface area contributed by atoms with Gasteiger partial charge in [0.1, 0.15) is 0 Å². The second-order valence-corrected chi connectivity index (χ2v) is 8.34. The molecule has 1 saturated carbocycles. The molecule has 0 atom stereocenters. The van der Waals surface area contributed by atoms with Crippen LogP contribution in [-0.4, -0.2) is 36.7 Å². The predicted molar refractivity (Wildman–Crippen MR) is 84.0 cm³/mol. The second kappa shape index (κ2) is 7.02. The van der Waals surface area contributed by atoms with Crippen molar-refractivity contribution >= 4 is 21.5 Å². The van der Waals surface area contributed by atoms with E-state index in [1.54, 1.807) is 27.0 Å². The third kappa shape index (κ3) is 3.61. The van der Waals surface area contributed by atoms with Gasteiger partial charge < -0.3 is 0 Å². The third-order valence-electron chi connectivity index (χ3n) is 4.04. The molecular formula is C14H24N2O2S2. The molecule has 0 N–H and O–H groups in total. The lowest BCUT2D eigenvalue weighted by molar-refractivity contribution is 0.263. The van der Waals surface area contributed by atoms with E-state index < -0.39 is 10.2 Å². The van der Waals surface area contributed by atoms with Gasteiger partial charge in [0.25, 0.3) is 10.2 Å². The molecule has 20 heavy (non-hydrogen) atoms. The third-order valence-corrected chi connectivity index (χ3v) is 6.97. The van der Waals surface area contributed by atoms with E-state index in [4.69, 9.17) is 0 Å². The van der Waals surface area contributed by atoms with Gasteiger partial charge >= 0.3 is 0 Å². The molecule has 1 aliphatic carbocycles. The maximum Gasteiger partial charge on any atom is 0.282 e. The van der Waals surface area contributed by atoms with Crippen LogP contribution in [0, 0.1) is 0 Å². The van der Waals surface area contributed by atoms with Crippen LogP contribution in [-0.2, 0) is 16.8 Å². The fourth-order valence-corrected chi connectivity index (χ4v) is 5.13. The Morgan fingerprint density at radius 1 is 1.30 bits per heavy atom. The summed E-state index contributed by atoms with van der Waals surface area (Å²) in [6, 6.07) is 4.13. The van der Waals surface area contributed by atoms with Crippen LogP contribution in [0.25, 0.3) is 0 Å². The molecule has 0 amide bonds. The monoisotopic (exact) mass is 316 g/mol. The van der Waals surface area contributed by atoms with Crippen LogP contribution in [0.3, 0.4) is 0 Å². The van der Waals surface area contributed by atoms with Crippen molar-refractivity contribution in [3.63, 3.8) is 0 Å². The molecule has 0 spiro atoms. The van der Waals surface area contributed by atoms with Crippen molar-refractivity contribution in [1.82, 2.24) is 8.61 Å².